The zero-order valence-electron chi connectivity index (χ0n) is 13.7. The van der Waals surface area contributed by atoms with Crippen LogP contribution in [-0.2, 0) is 4.79 Å². The van der Waals surface area contributed by atoms with E-state index in [4.69, 9.17) is 0 Å². The van der Waals surface area contributed by atoms with Gasteiger partial charge in [-0.3, -0.25) is 9.59 Å². The quantitative estimate of drug-likeness (QED) is 0.577. The van der Waals surface area contributed by atoms with E-state index in [1.165, 1.54) is 0 Å². The van der Waals surface area contributed by atoms with E-state index in [-0.39, 0.29) is 12.5 Å². The summed E-state index contributed by atoms with van der Waals surface area (Å²) in [5.41, 5.74) is 4.80. The molecule has 0 heterocycles. The molecule has 5 nitrogen and oxygen atoms in total. The first-order valence-corrected chi connectivity index (χ1v) is 8.43. The van der Waals surface area contributed by atoms with Gasteiger partial charge in [0.05, 0.1) is 18.3 Å². The molecule has 0 aliphatic heterocycles. The normalized spacial score (nSPS) is 11.4. The first kappa shape index (κ1) is 18.6. The van der Waals surface area contributed by atoms with Crippen LogP contribution in [0.4, 0.5) is 0 Å². The number of nitrogens with one attached hydrogen (secondary N) is 2. The summed E-state index contributed by atoms with van der Waals surface area (Å²) in [7, 11) is 0. The van der Waals surface area contributed by atoms with Crippen LogP contribution in [0.15, 0.2) is 69.7 Å². The summed E-state index contributed by atoms with van der Waals surface area (Å²) >= 11 is 3.30. The van der Waals surface area contributed by atoms with Crippen molar-refractivity contribution in [1.29, 1.82) is 0 Å². The fourth-order valence-corrected chi connectivity index (χ4v) is 2.46. The summed E-state index contributed by atoms with van der Waals surface area (Å²) in [6.45, 7) is 1.73. The van der Waals surface area contributed by atoms with Gasteiger partial charge < -0.3 is 5.32 Å². The molecule has 0 fully saturated rings. The van der Waals surface area contributed by atoms with Gasteiger partial charge in [-0.25, -0.2) is 5.43 Å². The van der Waals surface area contributed by atoms with Crippen molar-refractivity contribution >= 4 is 40.0 Å². The lowest BCUT2D eigenvalue weighted by molar-refractivity contribution is -0.120. The van der Waals surface area contributed by atoms with Crippen LogP contribution in [0.3, 0.4) is 0 Å². The molecule has 0 radical (unpaired) electrons. The third-order valence-electron chi connectivity index (χ3n) is 3.18. The van der Waals surface area contributed by atoms with Crippen LogP contribution < -0.4 is 10.7 Å². The fraction of sp³-hybridized carbons (Fsp3) is 0.105. The van der Waals surface area contributed by atoms with Crippen molar-refractivity contribution in [2.75, 3.05) is 6.54 Å². The zero-order chi connectivity index (χ0) is 18.1. The molecule has 0 saturated heterocycles. The van der Waals surface area contributed by atoms with Gasteiger partial charge in [0.2, 0.25) is 0 Å². The summed E-state index contributed by atoms with van der Waals surface area (Å²) in [5, 5.41) is 6.43. The van der Waals surface area contributed by atoms with Crippen LogP contribution >= 0.6 is 15.9 Å². The molecule has 2 rings (SSSR count). The smallest absolute Gasteiger partial charge is 0.259 e. The van der Waals surface area contributed by atoms with Crippen LogP contribution in [0.1, 0.15) is 22.8 Å². The van der Waals surface area contributed by atoms with E-state index >= 15 is 0 Å². The second kappa shape index (κ2) is 9.54. The van der Waals surface area contributed by atoms with Gasteiger partial charge in [-0.1, -0.05) is 48.5 Å². The van der Waals surface area contributed by atoms with Crippen molar-refractivity contribution in [3.63, 3.8) is 0 Å². The third kappa shape index (κ3) is 6.35. The second-order valence-electron chi connectivity index (χ2n) is 5.25. The molecule has 0 unspecified atom stereocenters. The monoisotopic (exact) mass is 399 g/mol. The summed E-state index contributed by atoms with van der Waals surface area (Å²) in [5.74, 6) is -0.726. The number of rotatable bonds is 6. The van der Waals surface area contributed by atoms with E-state index in [1.54, 1.807) is 24.4 Å². The van der Waals surface area contributed by atoms with Crippen LogP contribution in [0.5, 0.6) is 0 Å². The highest BCUT2D eigenvalue weighted by molar-refractivity contribution is 9.10. The number of carbonyl (C=O) groups is 2. The lowest BCUT2D eigenvalue weighted by Crippen LogP contribution is -2.35. The zero-order valence-corrected chi connectivity index (χ0v) is 15.3. The highest BCUT2D eigenvalue weighted by Gasteiger charge is 2.10. The van der Waals surface area contributed by atoms with Crippen molar-refractivity contribution in [3.8, 4) is 0 Å². The Hall–Kier alpha value is -2.73. The van der Waals surface area contributed by atoms with Gasteiger partial charge in [0, 0.05) is 4.47 Å². The van der Waals surface area contributed by atoms with Gasteiger partial charge in [0.1, 0.15) is 0 Å². The highest BCUT2D eigenvalue weighted by Crippen LogP contribution is 2.15. The maximum Gasteiger partial charge on any atom is 0.259 e. The Bertz CT molecular complexity index is 801. The molecule has 0 aliphatic carbocycles. The van der Waals surface area contributed by atoms with Crippen LogP contribution in [-0.4, -0.2) is 24.6 Å². The van der Waals surface area contributed by atoms with E-state index in [0.717, 1.165) is 11.1 Å². The van der Waals surface area contributed by atoms with Crippen molar-refractivity contribution in [3.05, 3.63) is 75.8 Å². The Labute approximate surface area is 155 Å². The fourth-order valence-electron chi connectivity index (χ4n) is 2.00. The maximum atomic E-state index is 12.0. The molecule has 0 spiro atoms. The molecule has 6 heteroatoms. The predicted molar refractivity (Wildman–Crippen MR) is 103 cm³/mol. The molecule has 128 valence electrons. The topological polar surface area (TPSA) is 70.6 Å². The molecule has 0 aromatic heterocycles. The van der Waals surface area contributed by atoms with Crippen molar-refractivity contribution < 1.29 is 9.59 Å². The van der Waals surface area contributed by atoms with Gasteiger partial charge >= 0.3 is 0 Å². The van der Waals surface area contributed by atoms with Gasteiger partial charge in [-0.05, 0) is 46.1 Å². The molecular weight excluding hydrogens is 382 g/mol. The van der Waals surface area contributed by atoms with Crippen molar-refractivity contribution in [2.45, 2.75) is 6.92 Å². The van der Waals surface area contributed by atoms with Gasteiger partial charge in [0.15, 0.2) is 0 Å². The minimum Gasteiger partial charge on any atom is -0.343 e. The Morgan fingerprint density at radius 2 is 1.76 bits per heavy atom. The second-order valence-corrected chi connectivity index (χ2v) is 6.11. The molecule has 0 aliphatic rings. The first-order valence-electron chi connectivity index (χ1n) is 7.64. The van der Waals surface area contributed by atoms with Crippen molar-refractivity contribution in [1.82, 2.24) is 10.7 Å². The summed E-state index contributed by atoms with van der Waals surface area (Å²) in [6, 6.07) is 16.8. The minimum atomic E-state index is -0.399. The SMILES string of the molecule is CC(/C=N\NC(=O)CNC(=O)c1ccccc1Br)=C\c1ccccc1. The summed E-state index contributed by atoms with van der Waals surface area (Å²) in [6.07, 6.45) is 3.50. The van der Waals surface area contributed by atoms with E-state index in [0.29, 0.717) is 10.0 Å². The number of halogens is 1. The van der Waals surface area contributed by atoms with E-state index < -0.39 is 5.91 Å². The minimum absolute atomic E-state index is 0.154. The molecule has 0 atom stereocenters. The lowest BCUT2D eigenvalue weighted by atomic mass is 10.1. The number of nitrogens with zero attached hydrogens (tertiary/aromatic N) is 1. The average molecular weight is 400 g/mol. The number of benzene rings is 2. The van der Waals surface area contributed by atoms with Gasteiger partial charge in [0.25, 0.3) is 11.8 Å². The first-order chi connectivity index (χ1) is 12.1. The average Bonchev–Trinajstić information content (AvgIpc) is 2.61. The molecule has 0 bridgehead atoms. The summed E-state index contributed by atoms with van der Waals surface area (Å²) in [4.78, 5) is 23.7. The molecular formula is C19H18BrN3O2. The van der Waals surface area contributed by atoms with Crippen LogP contribution in [0.25, 0.3) is 6.08 Å². The third-order valence-corrected chi connectivity index (χ3v) is 3.87. The number of allylic oxidation sites excluding steroid dienone is 1. The number of hydrogen-bond acceptors (Lipinski definition) is 3. The van der Waals surface area contributed by atoms with E-state index in [9.17, 15) is 9.59 Å². The lowest BCUT2D eigenvalue weighted by Gasteiger charge is -2.05. The molecule has 2 aromatic rings. The van der Waals surface area contributed by atoms with Gasteiger partial charge in [-0.2, -0.15) is 5.10 Å². The number of hydrazone groups is 1. The summed E-state index contributed by atoms with van der Waals surface area (Å²) < 4.78 is 0.674. The van der Waals surface area contributed by atoms with Gasteiger partial charge in [-0.15, -0.1) is 0 Å². The Balaban J connectivity index is 1.80. The molecule has 25 heavy (non-hydrogen) atoms. The number of amides is 2. The van der Waals surface area contributed by atoms with E-state index in [1.807, 2.05) is 49.4 Å². The maximum absolute atomic E-state index is 12.0. The van der Waals surface area contributed by atoms with Crippen LogP contribution in [0, 0.1) is 0 Å². The van der Waals surface area contributed by atoms with E-state index in [2.05, 4.69) is 31.8 Å². The predicted octanol–water partition coefficient (Wildman–Crippen LogP) is 3.38. The Morgan fingerprint density at radius 1 is 1.08 bits per heavy atom. The Morgan fingerprint density at radius 3 is 2.48 bits per heavy atom. The Kier molecular flexibility index (Phi) is 7.10. The molecule has 2 N–H and O–H groups in total. The number of carbonyl (C=O) groups excluding carboxylic acids is 2. The van der Waals surface area contributed by atoms with Crippen LogP contribution in [0.2, 0.25) is 0 Å². The largest absolute Gasteiger partial charge is 0.343 e. The molecule has 0 saturated carbocycles. The standard InChI is InChI=1S/C19H18BrN3O2/c1-14(11-15-7-3-2-4-8-15)12-22-23-18(24)13-21-19(25)16-9-5-6-10-17(16)20/h2-12H,13H2,1H3,(H,21,25)(H,23,24)/b14-11+,22-12-. The molecule has 2 amide bonds. The highest BCUT2D eigenvalue weighted by atomic mass is 79.9. The number of hydrogen-bond donors (Lipinski definition) is 2. The molecule has 2 aromatic carbocycles. The van der Waals surface area contributed by atoms with Crippen molar-refractivity contribution in [2.24, 2.45) is 5.10 Å².